The number of likely N-dealkylation sites (tertiary alicyclic amines) is 1. The molecule has 0 radical (unpaired) electrons. The smallest absolute Gasteiger partial charge is 0.410 e. The summed E-state index contributed by atoms with van der Waals surface area (Å²) in [5.41, 5.74) is 0.787. The highest BCUT2D eigenvalue weighted by Crippen LogP contribution is 2.38. The van der Waals surface area contributed by atoms with Gasteiger partial charge in [-0.1, -0.05) is 0 Å². The highest BCUT2D eigenvalue weighted by Gasteiger charge is 2.46. The van der Waals surface area contributed by atoms with E-state index in [1.807, 2.05) is 19.1 Å². The molecule has 2 fully saturated rings. The number of nitrogens with zero attached hydrogens (tertiary/aromatic N) is 2. The van der Waals surface area contributed by atoms with Crippen molar-refractivity contribution in [3.05, 3.63) is 17.7 Å². The number of carbonyl (C=O) groups is 1. The van der Waals surface area contributed by atoms with Crippen LogP contribution in [0.1, 0.15) is 31.7 Å². The van der Waals surface area contributed by atoms with Crippen LogP contribution in [0.3, 0.4) is 0 Å². The van der Waals surface area contributed by atoms with E-state index in [1.54, 1.807) is 12.0 Å². The number of benzene rings is 1. The Hall–Kier alpha value is -2.15. The first-order valence-electron chi connectivity index (χ1n) is 9.79. The molecular weight excluding hydrogens is 348 g/mol. The van der Waals surface area contributed by atoms with Crippen molar-refractivity contribution in [1.29, 1.82) is 0 Å². The van der Waals surface area contributed by atoms with Crippen molar-refractivity contribution >= 4 is 6.09 Å². The van der Waals surface area contributed by atoms with Crippen LogP contribution in [0.2, 0.25) is 0 Å². The first-order chi connectivity index (χ1) is 13.1. The SMILES string of the molecule is CCN1CC2(CCN(Cc3cc4c(cc3OC)OCCCO4)CC2)OC1=O. The summed E-state index contributed by atoms with van der Waals surface area (Å²) in [6, 6.07) is 3.97. The molecule has 1 spiro atoms. The van der Waals surface area contributed by atoms with E-state index in [0.717, 1.165) is 61.7 Å². The summed E-state index contributed by atoms with van der Waals surface area (Å²) in [5.74, 6) is 2.37. The van der Waals surface area contributed by atoms with Crippen molar-refractivity contribution in [2.75, 3.05) is 46.5 Å². The van der Waals surface area contributed by atoms with Crippen LogP contribution in [0, 0.1) is 0 Å². The predicted molar refractivity (Wildman–Crippen MR) is 99.6 cm³/mol. The Bertz CT molecular complexity index is 700. The standard InChI is InChI=1S/C20H28N2O5/c1-3-22-14-20(27-19(22)23)5-7-21(8-6-20)13-15-11-17-18(12-16(15)24-2)26-10-4-9-25-17/h11-12H,3-10,13-14H2,1-2H3. The third-order valence-electron chi connectivity index (χ3n) is 5.73. The topological polar surface area (TPSA) is 60.5 Å². The molecule has 7 heteroatoms. The summed E-state index contributed by atoms with van der Waals surface area (Å²) in [6.07, 6.45) is 2.44. The first-order valence-corrected chi connectivity index (χ1v) is 9.79. The van der Waals surface area contributed by atoms with Gasteiger partial charge >= 0.3 is 6.09 Å². The highest BCUT2D eigenvalue weighted by molar-refractivity contribution is 5.70. The molecule has 0 N–H and O–H groups in total. The fourth-order valence-electron chi connectivity index (χ4n) is 4.10. The number of methoxy groups -OCH3 is 1. The summed E-state index contributed by atoms with van der Waals surface area (Å²) >= 11 is 0. The largest absolute Gasteiger partial charge is 0.496 e. The normalized spacial score (nSPS) is 21.9. The molecule has 1 aromatic carbocycles. The molecule has 0 bridgehead atoms. The monoisotopic (exact) mass is 376 g/mol. The van der Waals surface area contributed by atoms with E-state index in [2.05, 4.69) is 4.90 Å². The third-order valence-corrected chi connectivity index (χ3v) is 5.73. The van der Waals surface area contributed by atoms with Gasteiger partial charge < -0.3 is 23.8 Å². The number of rotatable bonds is 4. The molecule has 1 amide bonds. The zero-order valence-corrected chi connectivity index (χ0v) is 16.2. The Morgan fingerprint density at radius 2 is 1.85 bits per heavy atom. The van der Waals surface area contributed by atoms with E-state index >= 15 is 0 Å². The minimum Gasteiger partial charge on any atom is -0.496 e. The summed E-state index contributed by atoms with van der Waals surface area (Å²) < 4.78 is 22.9. The average molecular weight is 376 g/mol. The van der Waals surface area contributed by atoms with E-state index < -0.39 is 0 Å². The van der Waals surface area contributed by atoms with Gasteiger partial charge in [-0.2, -0.15) is 0 Å². The molecule has 3 aliphatic heterocycles. The number of fused-ring (bicyclic) bond motifs is 1. The minimum absolute atomic E-state index is 0.171. The summed E-state index contributed by atoms with van der Waals surface area (Å²) in [4.78, 5) is 16.1. The molecule has 0 aliphatic carbocycles. The summed E-state index contributed by atoms with van der Waals surface area (Å²) in [5, 5.41) is 0. The van der Waals surface area contributed by atoms with Crippen LogP contribution in [0.15, 0.2) is 12.1 Å². The molecule has 3 heterocycles. The molecule has 2 saturated heterocycles. The van der Waals surface area contributed by atoms with Gasteiger partial charge in [-0.15, -0.1) is 0 Å². The van der Waals surface area contributed by atoms with Gasteiger partial charge in [-0.05, 0) is 13.0 Å². The van der Waals surface area contributed by atoms with E-state index in [1.165, 1.54) is 0 Å². The Morgan fingerprint density at radius 1 is 1.15 bits per heavy atom. The van der Waals surface area contributed by atoms with Gasteiger partial charge in [0, 0.05) is 57.1 Å². The van der Waals surface area contributed by atoms with Crippen LogP contribution >= 0.6 is 0 Å². The third kappa shape index (κ3) is 3.65. The Kier molecular flexibility index (Phi) is 5.04. The quantitative estimate of drug-likeness (QED) is 0.805. The lowest BCUT2D eigenvalue weighted by Gasteiger charge is -2.37. The fourth-order valence-corrected chi connectivity index (χ4v) is 4.10. The first kappa shape index (κ1) is 18.2. The molecule has 7 nitrogen and oxygen atoms in total. The van der Waals surface area contributed by atoms with Crippen molar-refractivity contribution in [1.82, 2.24) is 9.80 Å². The molecule has 0 unspecified atom stereocenters. The van der Waals surface area contributed by atoms with Gasteiger partial charge in [-0.25, -0.2) is 4.79 Å². The molecule has 148 valence electrons. The van der Waals surface area contributed by atoms with E-state index in [9.17, 15) is 4.79 Å². The molecule has 1 aromatic rings. The maximum atomic E-state index is 11.9. The number of hydrogen-bond donors (Lipinski definition) is 0. The fraction of sp³-hybridized carbons (Fsp3) is 0.650. The van der Waals surface area contributed by atoms with Crippen molar-refractivity contribution in [2.45, 2.75) is 38.3 Å². The molecule has 27 heavy (non-hydrogen) atoms. The Labute approximate surface area is 160 Å². The molecule has 4 rings (SSSR count). The van der Waals surface area contributed by atoms with Crippen LogP contribution in [-0.4, -0.2) is 68.0 Å². The number of piperidine rings is 1. The molecule has 0 atom stereocenters. The van der Waals surface area contributed by atoms with Gasteiger partial charge in [0.1, 0.15) is 11.4 Å². The molecule has 3 aliphatic rings. The zero-order valence-electron chi connectivity index (χ0n) is 16.2. The van der Waals surface area contributed by atoms with Gasteiger partial charge in [-0.3, -0.25) is 4.90 Å². The number of amides is 1. The van der Waals surface area contributed by atoms with Gasteiger partial charge in [0.2, 0.25) is 0 Å². The summed E-state index contributed by atoms with van der Waals surface area (Å²) in [6.45, 7) is 7.31. The second kappa shape index (κ2) is 7.46. The summed E-state index contributed by atoms with van der Waals surface area (Å²) in [7, 11) is 1.69. The zero-order chi connectivity index (χ0) is 18.9. The number of ether oxygens (including phenoxy) is 4. The lowest BCUT2D eigenvalue weighted by molar-refractivity contribution is -0.00136. The van der Waals surface area contributed by atoms with E-state index in [-0.39, 0.29) is 11.7 Å². The van der Waals surface area contributed by atoms with Crippen LogP contribution in [0.5, 0.6) is 17.2 Å². The highest BCUT2D eigenvalue weighted by atomic mass is 16.6. The maximum absolute atomic E-state index is 11.9. The second-order valence-corrected chi connectivity index (χ2v) is 7.50. The lowest BCUT2D eigenvalue weighted by Crippen LogP contribution is -2.46. The van der Waals surface area contributed by atoms with Gasteiger partial charge in [0.15, 0.2) is 11.5 Å². The van der Waals surface area contributed by atoms with Crippen LogP contribution in [-0.2, 0) is 11.3 Å². The van der Waals surface area contributed by atoms with Crippen LogP contribution < -0.4 is 14.2 Å². The van der Waals surface area contributed by atoms with Crippen molar-refractivity contribution in [3.63, 3.8) is 0 Å². The average Bonchev–Trinajstić information content (AvgIpc) is 2.83. The van der Waals surface area contributed by atoms with E-state index in [0.29, 0.717) is 26.3 Å². The van der Waals surface area contributed by atoms with Crippen molar-refractivity contribution in [2.24, 2.45) is 0 Å². The van der Waals surface area contributed by atoms with E-state index in [4.69, 9.17) is 18.9 Å². The van der Waals surface area contributed by atoms with Crippen LogP contribution in [0.25, 0.3) is 0 Å². The van der Waals surface area contributed by atoms with Crippen molar-refractivity contribution in [3.8, 4) is 17.2 Å². The minimum atomic E-state index is -0.307. The Balaban J connectivity index is 1.43. The lowest BCUT2D eigenvalue weighted by atomic mass is 9.91. The predicted octanol–water partition coefficient (Wildman–Crippen LogP) is 2.66. The second-order valence-electron chi connectivity index (χ2n) is 7.50. The van der Waals surface area contributed by atoms with Crippen LogP contribution in [0.4, 0.5) is 4.79 Å². The Morgan fingerprint density at radius 3 is 2.48 bits per heavy atom. The van der Waals surface area contributed by atoms with Gasteiger partial charge in [0.05, 0.1) is 26.9 Å². The molecule has 0 aromatic heterocycles. The number of likely N-dealkylation sites (N-methyl/N-ethyl adjacent to an activating group) is 1. The maximum Gasteiger partial charge on any atom is 0.410 e. The number of hydrogen-bond acceptors (Lipinski definition) is 6. The molecule has 0 saturated carbocycles. The van der Waals surface area contributed by atoms with Gasteiger partial charge in [0.25, 0.3) is 0 Å². The number of carbonyl (C=O) groups excluding carboxylic acids is 1. The van der Waals surface area contributed by atoms with Crippen molar-refractivity contribution < 1.29 is 23.7 Å². The molecular formula is C20H28N2O5.